The number of hydrogen-bond acceptors (Lipinski definition) is 4. The Morgan fingerprint density at radius 1 is 0.833 bits per heavy atom. The first-order chi connectivity index (χ1) is 19.8. The van der Waals surface area contributed by atoms with Gasteiger partial charge in [0.2, 0.25) is 0 Å². The van der Waals surface area contributed by atoms with Crippen LogP contribution in [0.15, 0.2) is 84.9 Å². The number of carbonyl (C=O) groups excluding carboxylic acids is 1. The fourth-order valence-corrected chi connectivity index (χ4v) is 5.01. The Labute approximate surface area is 248 Å². The maximum atomic E-state index is 14.5. The fraction of sp³-hybridized carbons (Fsp3) is 0.265. The summed E-state index contributed by atoms with van der Waals surface area (Å²) in [5.41, 5.74) is 15.2. The van der Waals surface area contributed by atoms with Gasteiger partial charge in [-0.2, -0.15) is 0 Å². The molecule has 0 aliphatic carbocycles. The van der Waals surface area contributed by atoms with Crippen LogP contribution in [0.5, 0.6) is 0 Å². The number of rotatable bonds is 8. The van der Waals surface area contributed by atoms with E-state index in [0.29, 0.717) is 28.9 Å². The van der Waals surface area contributed by atoms with Gasteiger partial charge in [0, 0.05) is 23.2 Å². The van der Waals surface area contributed by atoms with Crippen molar-refractivity contribution in [1.82, 2.24) is 0 Å². The zero-order chi connectivity index (χ0) is 31.1. The van der Waals surface area contributed by atoms with Gasteiger partial charge in [0.1, 0.15) is 11.6 Å². The van der Waals surface area contributed by atoms with Gasteiger partial charge in [0.15, 0.2) is 8.32 Å². The number of hydrogen-bond donors (Lipinski definition) is 3. The lowest BCUT2D eigenvalue weighted by molar-refractivity contribution is 0.0996. The van der Waals surface area contributed by atoms with Crippen molar-refractivity contribution in [2.24, 2.45) is 11.5 Å². The molecule has 4 rings (SSSR count). The SMILES string of the molecule is CC(C)(C)[Si](C)(C)OCc1cccc(-c2cccc(C(N)=O)c2F)c1.NCc1cccc(-c2cccc(CO)c2)c1F. The van der Waals surface area contributed by atoms with Gasteiger partial charge < -0.3 is 21.0 Å². The van der Waals surface area contributed by atoms with Crippen LogP contribution in [0.4, 0.5) is 8.78 Å². The molecule has 0 bridgehead atoms. The molecule has 0 radical (unpaired) electrons. The number of aliphatic hydroxyl groups is 1. The minimum atomic E-state index is -1.85. The summed E-state index contributed by atoms with van der Waals surface area (Å²) >= 11 is 0. The average molecular weight is 591 g/mol. The number of aliphatic hydroxyl groups excluding tert-OH is 1. The monoisotopic (exact) mass is 590 g/mol. The van der Waals surface area contributed by atoms with Gasteiger partial charge >= 0.3 is 0 Å². The van der Waals surface area contributed by atoms with Crippen LogP contribution in [-0.4, -0.2) is 19.3 Å². The van der Waals surface area contributed by atoms with Crippen LogP contribution in [-0.2, 0) is 24.2 Å². The first-order valence-corrected chi connectivity index (χ1v) is 16.7. The third kappa shape index (κ3) is 7.98. The van der Waals surface area contributed by atoms with E-state index in [1.807, 2.05) is 30.3 Å². The Hall–Kier alpha value is -3.69. The average Bonchev–Trinajstić information content (AvgIpc) is 2.96. The second kappa shape index (κ2) is 14.0. The van der Waals surface area contributed by atoms with Crippen molar-refractivity contribution in [2.75, 3.05) is 0 Å². The van der Waals surface area contributed by atoms with Crippen LogP contribution in [0.1, 0.15) is 47.8 Å². The zero-order valence-electron chi connectivity index (χ0n) is 24.9. The van der Waals surface area contributed by atoms with Gasteiger partial charge in [-0.25, -0.2) is 8.78 Å². The van der Waals surface area contributed by atoms with Crippen molar-refractivity contribution in [2.45, 2.75) is 58.7 Å². The largest absolute Gasteiger partial charge is 0.413 e. The van der Waals surface area contributed by atoms with E-state index >= 15 is 0 Å². The summed E-state index contributed by atoms with van der Waals surface area (Å²) in [5.74, 6) is -1.64. The van der Waals surface area contributed by atoms with Crippen LogP contribution in [0.25, 0.3) is 22.3 Å². The van der Waals surface area contributed by atoms with E-state index in [4.69, 9.17) is 21.0 Å². The highest BCUT2D eigenvalue weighted by molar-refractivity contribution is 6.74. The van der Waals surface area contributed by atoms with Gasteiger partial charge in [-0.3, -0.25) is 4.79 Å². The molecule has 0 aliphatic heterocycles. The van der Waals surface area contributed by atoms with E-state index in [1.165, 1.54) is 6.07 Å². The molecule has 0 atom stereocenters. The van der Waals surface area contributed by atoms with E-state index in [0.717, 1.165) is 16.7 Å². The summed E-state index contributed by atoms with van der Waals surface area (Å²) in [4.78, 5) is 11.3. The van der Waals surface area contributed by atoms with Crippen molar-refractivity contribution >= 4 is 14.2 Å². The molecule has 8 heteroatoms. The van der Waals surface area contributed by atoms with Gasteiger partial charge in [0.05, 0.1) is 18.8 Å². The Bertz CT molecular complexity index is 1530. The Morgan fingerprint density at radius 3 is 1.90 bits per heavy atom. The first kappa shape index (κ1) is 32.8. The van der Waals surface area contributed by atoms with Crippen molar-refractivity contribution in [1.29, 1.82) is 0 Å². The van der Waals surface area contributed by atoms with E-state index in [1.54, 1.807) is 48.5 Å². The number of amides is 1. The number of halogens is 2. The maximum Gasteiger partial charge on any atom is 0.251 e. The fourth-order valence-electron chi connectivity index (χ4n) is 4.05. The van der Waals surface area contributed by atoms with Crippen molar-refractivity contribution in [3.05, 3.63) is 119 Å². The molecule has 0 saturated heterocycles. The Kier molecular flexibility index (Phi) is 10.9. The predicted molar refractivity (Wildman–Crippen MR) is 168 cm³/mol. The lowest BCUT2D eigenvalue weighted by atomic mass is 10.00. The van der Waals surface area contributed by atoms with Crippen LogP contribution in [0, 0.1) is 11.6 Å². The minimum Gasteiger partial charge on any atom is -0.413 e. The molecule has 1 amide bonds. The molecule has 42 heavy (non-hydrogen) atoms. The molecular weight excluding hydrogens is 550 g/mol. The summed E-state index contributed by atoms with van der Waals surface area (Å²) in [5, 5.41) is 9.20. The molecule has 0 unspecified atom stereocenters. The smallest absolute Gasteiger partial charge is 0.251 e. The summed E-state index contributed by atoms with van der Waals surface area (Å²) in [6.45, 7) is 11.6. The molecule has 0 heterocycles. The van der Waals surface area contributed by atoms with Crippen molar-refractivity contribution in [3.8, 4) is 22.3 Å². The molecular formula is C34H40F2N2O3Si. The van der Waals surface area contributed by atoms with E-state index in [2.05, 4.69) is 33.9 Å². The maximum absolute atomic E-state index is 14.5. The molecule has 0 aliphatic rings. The highest BCUT2D eigenvalue weighted by atomic mass is 28.4. The minimum absolute atomic E-state index is 0.0496. The van der Waals surface area contributed by atoms with Gasteiger partial charge in [-0.1, -0.05) is 87.5 Å². The Morgan fingerprint density at radius 2 is 1.36 bits per heavy atom. The predicted octanol–water partition coefficient (Wildman–Crippen LogP) is 7.56. The van der Waals surface area contributed by atoms with Gasteiger partial charge in [-0.05, 0) is 58.6 Å². The zero-order valence-corrected chi connectivity index (χ0v) is 25.9. The van der Waals surface area contributed by atoms with E-state index < -0.39 is 20.0 Å². The molecule has 222 valence electrons. The Balaban J connectivity index is 0.000000247. The molecule has 4 aromatic carbocycles. The van der Waals surface area contributed by atoms with Crippen molar-refractivity contribution < 1.29 is 23.1 Å². The summed E-state index contributed by atoms with van der Waals surface area (Å²) < 4.78 is 34.8. The third-order valence-corrected chi connectivity index (χ3v) is 12.1. The molecule has 4 aromatic rings. The summed E-state index contributed by atoms with van der Waals surface area (Å²) in [6, 6.07) is 24.6. The third-order valence-electron chi connectivity index (χ3n) is 7.63. The quantitative estimate of drug-likeness (QED) is 0.185. The van der Waals surface area contributed by atoms with Gasteiger partial charge in [-0.15, -0.1) is 0 Å². The molecule has 0 saturated carbocycles. The van der Waals surface area contributed by atoms with Crippen LogP contribution in [0.3, 0.4) is 0 Å². The number of primary amides is 1. The summed E-state index contributed by atoms with van der Waals surface area (Å²) in [6.07, 6.45) is 0. The number of benzene rings is 4. The second-order valence-electron chi connectivity index (χ2n) is 11.6. The van der Waals surface area contributed by atoms with Crippen LogP contribution < -0.4 is 11.5 Å². The highest BCUT2D eigenvalue weighted by Gasteiger charge is 2.37. The lowest BCUT2D eigenvalue weighted by Crippen LogP contribution is -2.40. The van der Waals surface area contributed by atoms with Crippen LogP contribution in [0.2, 0.25) is 18.1 Å². The van der Waals surface area contributed by atoms with Crippen LogP contribution >= 0.6 is 0 Å². The number of nitrogens with two attached hydrogens (primary N) is 2. The number of carbonyl (C=O) groups is 1. The standard InChI is InChI=1S/C20H26FNO2Si.C14H14FNO/c1-20(2,3)25(4,5)24-13-14-8-6-9-15(12-14)16-10-7-11-17(18(16)21)19(22)23;15-14-12(8-16)5-2-6-13(14)11-4-1-3-10(7-11)9-17/h6-12H,13H2,1-5H3,(H2,22,23);1-7,17H,8-9,16H2. The molecule has 5 nitrogen and oxygen atoms in total. The molecule has 0 fully saturated rings. The van der Waals surface area contributed by atoms with Crippen molar-refractivity contribution in [3.63, 3.8) is 0 Å². The summed E-state index contributed by atoms with van der Waals surface area (Å²) in [7, 11) is -1.85. The molecule has 0 spiro atoms. The second-order valence-corrected chi connectivity index (χ2v) is 16.4. The molecule has 0 aromatic heterocycles. The highest BCUT2D eigenvalue weighted by Crippen LogP contribution is 2.37. The lowest BCUT2D eigenvalue weighted by Gasteiger charge is -2.36. The molecule has 5 N–H and O–H groups in total. The van der Waals surface area contributed by atoms with E-state index in [9.17, 15) is 13.6 Å². The first-order valence-electron chi connectivity index (χ1n) is 13.8. The van der Waals surface area contributed by atoms with E-state index in [-0.39, 0.29) is 29.6 Å². The van der Waals surface area contributed by atoms with Gasteiger partial charge in [0.25, 0.3) is 5.91 Å². The normalized spacial score (nSPS) is 11.5. The topological polar surface area (TPSA) is 98.6 Å².